The van der Waals surface area contributed by atoms with E-state index in [1.165, 1.54) is 6.26 Å². The van der Waals surface area contributed by atoms with Crippen LogP contribution in [-0.2, 0) is 0 Å². The fourth-order valence-electron chi connectivity index (χ4n) is 3.24. The van der Waals surface area contributed by atoms with E-state index in [2.05, 4.69) is 15.6 Å². The molecule has 8 nitrogen and oxygen atoms in total. The molecule has 1 fully saturated rings. The molecule has 1 aromatic carbocycles. The van der Waals surface area contributed by atoms with Crippen LogP contribution in [0.2, 0.25) is 0 Å². The van der Waals surface area contributed by atoms with Gasteiger partial charge in [-0.3, -0.25) is 9.59 Å². The Morgan fingerprint density at radius 3 is 2.57 bits per heavy atom. The molecule has 3 heterocycles. The number of nitrogens with zero attached hydrogens (tertiary/aromatic N) is 4. The Kier molecular flexibility index (Phi) is 4.92. The molecule has 2 aromatic heterocycles. The Morgan fingerprint density at radius 1 is 1.14 bits per heavy atom. The van der Waals surface area contributed by atoms with Gasteiger partial charge in [0, 0.05) is 19.1 Å². The molecule has 1 aliphatic heterocycles. The zero-order valence-electron chi connectivity index (χ0n) is 15.5. The molecule has 0 spiro atoms. The number of hydrogen-bond donors (Lipinski definition) is 1. The maximum atomic E-state index is 12.7. The van der Waals surface area contributed by atoms with Crippen LogP contribution in [0.5, 0.6) is 0 Å². The van der Waals surface area contributed by atoms with Gasteiger partial charge in [-0.1, -0.05) is 22.9 Å². The Balaban J connectivity index is 1.34. The highest BCUT2D eigenvalue weighted by Crippen LogP contribution is 2.15. The van der Waals surface area contributed by atoms with E-state index >= 15 is 0 Å². The lowest BCUT2D eigenvalue weighted by atomic mass is 10.0. The van der Waals surface area contributed by atoms with Crippen molar-refractivity contribution in [2.75, 3.05) is 13.1 Å². The summed E-state index contributed by atoms with van der Waals surface area (Å²) in [6.07, 6.45) is 4.49. The Labute approximate surface area is 162 Å². The minimum absolute atomic E-state index is 0.0184. The van der Waals surface area contributed by atoms with Crippen molar-refractivity contribution in [1.82, 2.24) is 25.2 Å². The first-order valence-electron chi connectivity index (χ1n) is 9.23. The predicted octanol–water partition coefficient (Wildman–Crippen LogP) is 2.20. The van der Waals surface area contributed by atoms with Crippen LogP contribution in [0, 0.1) is 6.92 Å². The summed E-state index contributed by atoms with van der Waals surface area (Å²) in [5.41, 5.74) is 2.33. The van der Waals surface area contributed by atoms with Crippen molar-refractivity contribution in [3.8, 4) is 5.69 Å². The fourth-order valence-corrected chi connectivity index (χ4v) is 3.24. The predicted molar refractivity (Wildman–Crippen MR) is 101 cm³/mol. The quantitative estimate of drug-likeness (QED) is 0.750. The lowest BCUT2D eigenvalue weighted by Gasteiger charge is -2.31. The van der Waals surface area contributed by atoms with Crippen LogP contribution in [0.25, 0.3) is 5.69 Å². The summed E-state index contributed by atoms with van der Waals surface area (Å²) in [6, 6.07) is 11.2. The molecule has 28 heavy (non-hydrogen) atoms. The first-order valence-corrected chi connectivity index (χ1v) is 9.23. The van der Waals surface area contributed by atoms with E-state index in [9.17, 15) is 9.59 Å². The zero-order chi connectivity index (χ0) is 19.5. The summed E-state index contributed by atoms with van der Waals surface area (Å²) in [7, 11) is 0. The van der Waals surface area contributed by atoms with E-state index in [-0.39, 0.29) is 17.9 Å². The molecular weight excluding hydrogens is 358 g/mol. The minimum Gasteiger partial charge on any atom is -0.459 e. The first kappa shape index (κ1) is 18.0. The number of carbonyl (C=O) groups excluding carboxylic acids is 2. The summed E-state index contributed by atoms with van der Waals surface area (Å²) < 4.78 is 6.71. The van der Waals surface area contributed by atoms with Gasteiger partial charge in [0.1, 0.15) is 0 Å². The van der Waals surface area contributed by atoms with Crippen molar-refractivity contribution in [2.24, 2.45) is 0 Å². The number of piperidine rings is 1. The highest BCUT2D eigenvalue weighted by atomic mass is 16.3. The molecule has 1 saturated heterocycles. The molecule has 0 bridgehead atoms. The number of furan rings is 1. The summed E-state index contributed by atoms with van der Waals surface area (Å²) in [4.78, 5) is 26.5. The van der Waals surface area contributed by atoms with Crippen LogP contribution < -0.4 is 5.32 Å². The van der Waals surface area contributed by atoms with Crippen LogP contribution in [0.15, 0.2) is 53.3 Å². The third-order valence-corrected chi connectivity index (χ3v) is 4.87. The van der Waals surface area contributed by atoms with E-state index in [1.54, 1.807) is 27.9 Å². The van der Waals surface area contributed by atoms with Gasteiger partial charge in [-0.2, -0.15) is 0 Å². The number of benzene rings is 1. The minimum atomic E-state index is -0.226. The zero-order valence-corrected chi connectivity index (χ0v) is 15.5. The molecule has 0 aliphatic carbocycles. The highest BCUT2D eigenvalue weighted by Gasteiger charge is 2.26. The van der Waals surface area contributed by atoms with E-state index in [4.69, 9.17) is 4.42 Å². The van der Waals surface area contributed by atoms with Crippen molar-refractivity contribution in [3.05, 3.63) is 65.9 Å². The highest BCUT2D eigenvalue weighted by molar-refractivity contribution is 5.92. The van der Waals surface area contributed by atoms with E-state index in [1.807, 2.05) is 31.2 Å². The standard InChI is InChI=1S/C20H21N5O3/c1-14-4-6-16(7-5-14)25-13-17(22-23-25)20(27)24-10-8-15(9-11-24)21-19(26)18-3-2-12-28-18/h2-7,12-13,15H,8-11H2,1H3,(H,21,26). The van der Waals surface area contributed by atoms with Crippen LogP contribution >= 0.6 is 0 Å². The van der Waals surface area contributed by atoms with Crippen molar-refractivity contribution < 1.29 is 14.0 Å². The monoisotopic (exact) mass is 379 g/mol. The van der Waals surface area contributed by atoms with E-state index < -0.39 is 0 Å². The average molecular weight is 379 g/mol. The molecule has 4 rings (SSSR count). The van der Waals surface area contributed by atoms with Gasteiger partial charge in [0.2, 0.25) is 0 Å². The normalized spacial score (nSPS) is 14.8. The smallest absolute Gasteiger partial charge is 0.287 e. The van der Waals surface area contributed by atoms with Crippen molar-refractivity contribution in [3.63, 3.8) is 0 Å². The molecule has 3 aromatic rings. The Bertz CT molecular complexity index is 954. The summed E-state index contributed by atoms with van der Waals surface area (Å²) in [5, 5.41) is 11.0. The van der Waals surface area contributed by atoms with Gasteiger partial charge in [-0.15, -0.1) is 5.10 Å². The van der Waals surface area contributed by atoms with Crippen LogP contribution in [0.3, 0.4) is 0 Å². The number of carbonyl (C=O) groups is 2. The van der Waals surface area contributed by atoms with Gasteiger partial charge in [0.15, 0.2) is 11.5 Å². The fraction of sp³-hybridized carbons (Fsp3) is 0.300. The molecule has 2 amide bonds. The maximum Gasteiger partial charge on any atom is 0.287 e. The molecule has 144 valence electrons. The van der Waals surface area contributed by atoms with E-state index in [0.29, 0.717) is 37.4 Å². The van der Waals surface area contributed by atoms with Crippen molar-refractivity contribution in [1.29, 1.82) is 0 Å². The van der Waals surface area contributed by atoms with Gasteiger partial charge >= 0.3 is 0 Å². The molecule has 0 radical (unpaired) electrons. The number of nitrogens with one attached hydrogen (secondary N) is 1. The topological polar surface area (TPSA) is 93.3 Å². The van der Waals surface area contributed by atoms with Crippen LogP contribution in [-0.4, -0.2) is 50.8 Å². The van der Waals surface area contributed by atoms with Gasteiger partial charge < -0.3 is 14.6 Å². The Hall–Kier alpha value is -3.42. The molecule has 0 atom stereocenters. The number of likely N-dealkylation sites (tertiary alicyclic amines) is 1. The second kappa shape index (κ2) is 7.67. The SMILES string of the molecule is Cc1ccc(-n2cc(C(=O)N3CCC(NC(=O)c4ccco4)CC3)nn2)cc1. The van der Waals surface area contributed by atoms with Gasteiger partial charge in [0.25, 0.3) is 11.8 Å². The van der Waals surface area contributed by atoms with Crippen LogP contribution in [0.1, 0.15) is 39.4 Å². The summed E-state index contributed by atoms with van der Waals surface area (Å²) >= 11 is 0. The van der Waals surface area contributed by atoms with Gasteiger partial charge in [-0.05, 0) is 44.0 Å². The maximum absolute atomic E-state index is 12.7. The number of aromatic nitrogens is 3. The third kappa shape index (κ3) is 3.80. The first-order chi connectivity index (χ1) is 13.6. The van der Waals surface area contributed by atoms with Crippen molar-refractivity contribution in [2.45, 2.75) is 25.8 Å². The number of hydrogen-bond acceptors (Lipinski definition) is 5. The van der Waals surface area contributed by atoms with Crippen molar-refractivity contribution >= 4 is 11.8 Å². The second-order valence-electron chi connectivity index (χ2n) is 6.90. The number of aryl methyl sites for hydroxylation is 1. The van der Waals surface area contributed by atoms with Gasteiger partial charge in [-0.25, -0.2) is 4.68 Å². The average Bonchev–Trinajstić information content (AvgIpc) is 3.41. The molecule has 1 N–H and O–H groups in total. The van der Waals surface area contributed by atoms with Gasteiger partial charge in [0.05, 0.1) is 18.1 Å². The molecule has 8 heteroatoms. The second-order valence-corrected chi connectivity index (χ2v) is 6.90. The summed E-state index contributed by atoms with van der Waals surface area (Å²) in [5.74, 6) is -0.0729. The lowest BCUT2D eigenvalue weighted by Crippen LogP contribution is -2.46. The lowest BCUT2D eigenvalue weighted by molar-refractivity contribution is 0.0690. The molecule has 0 saturated carbocycles. The Morgan fingerprint density at radius 2 is 1.89 bits per heavy atom. The number of amides is 2. The van der Waals surface area contributed by atoms with Crippen LogP contribution in [0.4, 0.5) is 0 Å². The molecule has 0 unspecified atom stereocenters. The largest absolute Gasteiger partial charge is 0.459 e. The van der Waals surface area contributed by atoms with E-state index in [0.717, 1.165) is 11.3 Å². The number of rotatable bonds is 4. The third-order valence-electron chi connectivity index (χ3n) is 4.87. The summed E-state index contributed by atoms with van der Waals surface area (Å²) in [6.45, 7) is 3.12. The molecular formula is C20H21N5O3. The molecule has 1 aliphatic rings.